The SMILES string of the molecule is Fc1ccc(C(F)(F)F)c(-c2cccc3c2OCCO3)c1. The molecule has 0 saturated carbocycles. The highest BCUT2D eigenvalue weighted by Crippen LogP contribution is 2.44. The van der Waals surface area contributed by atoms with E-state index in [1.54, 1.807) is 12.1 Å². The lowest BCUT2D eigenvalue weighted by atomic mass is 9.97. The summed E-state index contributed by atoms with van der Waals surface area (Å²) in [5.74, 6) is -0.177. The van der Waals surface area contributed by atoms with Gasteiger partial charge < -0.3 is 9.47 Å². The van der Waals surface area contributed by atoms with Gasteiger partial charge in [-0.1, -0.05) is 12.1 Å². The number of hydrogen-bond acceptors (Lipinski definition) is 2. The molecular formula is C15H10F4O2. The minimum absolute atomic E-state index is 0.166. The number of hydrogen-bond donors (Lipinski definition) is 0. The van der Waals surface area contributed by atoms with Gasteiger partial charge in [-0.25, -0.2) is 4.39 Å². The molecule has 110 valence electrons. The molecule has 0 atom stereocenters. The molecule has 2 aromatic carbocycles. The van der Waals surface area contributed by atoms with E-state index in [0.29, 0.717) is 12.4 Å². The van der Waals surface area contributed by atoms with Crippen LogP contribution in [0, 0.1) is 5.82 Å². The normalized spacial score (nSPS) is 14.1. The summed E-state index contributed by atoms with van der Waals surface area (Å²) in [6.07, 6.45) is -4.58. The maximum Gasteiger partial charge on any atom is 0.417 e. The van der Waals surface area contributed by atoms with Crippen molar-refractivity contribution in [3.8, 4) is 22.6 Å². The van der Waals surface area contributed by atoms with Crippen molar-refractivity contribution < 1.29 is 27.0 Å². The summed E-state index contributed by atoms with van der Waals surface area (Å²) in [6, 6.07) is 6.99. The van der Waals surface area contributed by atoms with Gasteiger partial charge in [0.1, 0.15) is 19.0 Å². The Morgan fingerprint density at radius 1 is 0.905 bits per heavy atom. The van der Waals surface area contributed by atoms with Crippen LogP contribution in [0.25, 0.3) is 11.1 Å². The topological polar surface area (TPSA) is 18.5 Å². The second-order valence-electron chi connectivity index (χ2n) is 4.52. The van der Waals surface area contributed by atoms with Crippen molar-refractivity contribution in [3.05, 3.63) is 47.8 Å². The Morgan fingerprint density at radius 3 is 2.43 bits per heavy atom. The van der Waals surface area contributed by atoms with Crippen molar-refractivity contribution in [1.82, 2.24) is 0 Å². The first-order valence-corrected chi connectivity index (χ1v) is 6.22. The van der Waals surface area contributed by atoms with Gasteiger partial charge in [0.15, 0.2) is 11.5 Å². The Balaban J connectivity index is 2.23. The molecule has 0 aliphatic carbocycles. The molecule has 1 aliphatic heterocycles. The first-order chi connectivity index (χ1) is 9.97. The molecule has 0 bridgehead atoms. The number of fused-ring (bicyclic) bond motifs is 1. The molecular weight excluding hydrogens is 288 g/mol. The molecule has 3 rings (SSSR count). The highest BCUT2D eigenvalue weighted by atomic mass is 19.4. The third kappa shape index (κ3) is 2.53. The van der Waals surface area contributed by atoms with Crippen LogP contribution in [0.1, 0.15) is 5.56 Å². The van der Waals surface area contributed by atoms with Crippen molar-refractivity contribution in [3.63, 3.8) is 0 Å². The van der Waals surface area contributed by atoms with Gasteiger partial charge in [-0.2, -0.15) is 13.2 Å². The molecule has 0 fully saturated rings. The van der Waals surface area contributed by atoms with Gasteiger partial charge in [-0.3, -0.25) is 0 Å². The van der Waals surface area contributed by atoms with Crippen LogP contribution in [0.4, 0.5) is 17.6 Å². The summed E-state index contributed by atoms with van der Waals surface area (Å²) >= 11 is 0. The number of benzene rings is 2. The fraction of sp³-hybridized carbons (Fsp3) is 0.200. The molecule has 1 aliphatic rings. The van der Waals surface area contributed by atoms with Gasteiger partial charge in [-0.05, 0) is 24.3 Å². The second kappa shape index (κ2) is 4.95. The van der Waals surface area contributed by atoms with E-state index in [1.807, 2.05) is 0 Å². The van der Waals surface area contributed by atoms with Gasteiger partial charge in [0.05, 0.1) is 5.56 Å². The van der Waals surface area contributed by atoms with Crippen LogP contribution < -0.4 is 9.47 Å². The maximum absolute atomic E-state index is 13.4. The third-order valence-electron chi connectivity index (χ3n) is 3.14. The van der Waals surface area contributed by atoms with E-state index in [-0.39, 0.29) is 23.5 Å². The van der Waals surface area contributed by atoms with Crippen molar-refractivity contribution in [2.75, 3.05) is 13.2 Å². The van der Waals surface area contributed by atoms with E-state index in [2.05, 4.69) is 0 Å². The van der Waals surface area contributed by atoms with Gasteiger partial charge in [0, 0.05) is 11.1 Å². The van der Waals surface area contributed by atoms with E-state index in [0.717, 1.165) is 18.2 Å². The lowest BCUT2D eigenvalue weighted by Crippen LogP contribution is -2.16. The monoisotopic (exact) mass is 298 g/mol. The average molecular weight is 298 g/mol. The molecule has 0 saturated heterocycles. The van der Waals surface area contributed by atoms with Crippen LogP contribution in [0.3, 0.4) is 0 Å². The number of para-hydroxylation sites is 1. The van der Waals surface area contributed by atoms with Crippen LogP contribution in [0.15, 0.2) is 36.4 Å². The first kappa shape index (κ1) is 13.7. The summed E-state index contributed by atoms with van der Waals surface area (Å²) in [5.41, 5.74) is -1.00. The van der Waals surface area contributed by atoms with E-state index in [4.69, 9.17) is 9.47 Å². The third-order valence-corrected chi connectivity index (χ3v) is 3.14. The predicted molar refractivity (Wildman–Crippen MR) is 67.8 cm³/mol. The van der Waals surface area contributed by atoms with Crippen molar-refractivity contribution in [2.24, 2.45) is 0 Å². The van der Waals surface area contributed by atoms with Crippen molar-refractivity contribution >= 4 is 0 Å². The number of halogens is 4. The molecule has 2 nitrogen and oxygen atoms in total. The molecule has 0 radical (unpaired) electrons. The largest absolute Gasteiger partial charge is 0.486 e. The lowest BCUT2D eigenvalue weighted by molar-refractivity contribution is -0.137. The van der Waals surface area contributed by atoms with E-state index in [9.17, 15) is 17.6 Å². The predicted octanol–water partition coefficient (Wildman–Crippen LogP) is 4.28. The Labute approximate surface area is 117 Å². The van der Waals surface area contributed by atoms with Crippen molar-refractivity contribution in [2.45, 2.75) is 6.18 Å². The Hall–Kier alpha value is -2.24. The number of alkyl halides is 3. The quantitative estimate of drug-likeness (QED) is 0.731. The van der Waals surface area contributed by atoms with Crippen LogP contribution in [0.5, 0.6) is 11.5 Å². The van der Waals surface area contributed by atoms with Gasteiger partial charge in [0.2, 0.25) is 0 Å². The number of rotatable bonds is 1. The molecule has 0 amide bonds. The molecule has 0 N–H and O–H groups in total. The van der Waals surface area contributed by atoms with Crippen molar-refractivity contribution in [1.29, 1.82) is 0 Å². The van der Waals surface area contributed by atoms with Gasteiger partial charge in [0.25, 0.3) is 0 Å². The summed E-state index contributed by atoms with van der Waals surface area (Å²) in [6.45, 7) is 0.562. The van der Waals surface area contributed by atoms with Crippen LogP contribution in [0.2, 0.25) is 0 Å². The van der Waals surface area contributed by atoms with Crippen LogP contribution in [-0.2, 0) is 6.18 Å². The standard InChI is InChI=1S/C15H10F4O2/c16-9-4-5-12(15(17,18)19)11(8-9)10-2-1-3-13-14(10)21-7-6-20-13/h1-5,8H,6-7H2. The maximum atomic E-state index is 13.4. The minimum atomic E-state index is -4.58. The van der Waals surface area contributed by atoms with Gasteiger partial charge in [-0.15, -0.1) is 0 Å². The van der Waals surface area contributed by atoms with E-state index in [1.165, 1.54) is 6.07 Å². The highest BCUT2D eigenvalue weighted by molar-refractivity contribution is 5.77. The molecule has 21 heavy (non-hydrogen) atoms. The highest BCUT2D eigenvalue weighted by Gasteiger charge is 2.35. The minimum Gasteiger partial charge on any atom is -0.486 e. The number of ether oxygens (including phenoxy) is 2. The molecule has 6 heteroatoms. The molecule has 0 aromatic heterocycles. The molecule has 2 aromatic rings. The van der Waals surface area contributed by atoms with Crippen LogP contribution in [-0.4, -0.2) is 13.2 Å². The lowest BCUT2D eigenvalue weighted by Gasteiger charge is -2.22. The summed E-state index contributed by atoms with van der Waals surface area (Å²) in [4.78, 5) is 0. The molecule has 0 spiro atoms. The second-order valence-corrected chi connectivity index (χ2v) is 4.52. The zero-order valence-corrected chi connectivity index (χ0v) is 10.7. The zero-order valence-electron chi connectivity index (χ0n) is 10.7. The Kier molecular flexibility index (Phi) is 3.23. The van der Waals surface area contributed by atoms with Crippen LogP contribution >= 0.6 is 0 Å². The van der Waals surface area contributed by atoms with E-state index >= 15 is 0 Å². The van der Waals surface area contributed by atoms with Gasteiger partial charge >= 0.3 is 6.18 Å². The fourth-order valence-electron chi connectivity index (χ4n) is 2.27. The average Bonchev–Trinajstić information content (AvgIpc) is 2.45. The smallest absolute Gasteiger partial charge is 0.417 e. The fourth-order valence-corrected chi connectivity index (χ4v) is 2.27. The summed E-state index contributed by atoms with van der Waals surface area (Å²) in [7, 11) is 0. The van der Waals surface area contributed by atoms with E-state index < -0.39 is 17.6 Å². The Morgan fingerprint density at radius 2 is 1.67 bits per heavy atom. The Bertz CT molecular complexity index is 680. The summed E-state index contributed by atoms with van der Waals surface area (Å²) in [5, 5.41) is 0. The first-order valence-electron chi connectivity index (χ1n) is 6.22. The molecule has 0 unspecified atom stereocenters. The summed E-state index contributed by atoms with van der Waals surface area (Å²) < 4.78 is 63.5. The molecule has 1 heterocycles. The zero-order chi connectivity index (χ0) is 15.0.